The minimum atomic E-state index is -0.228. The largest absolute Gasteiger partial charge is 0.347 e. The van der Waals surface area contributed by atoms with E-state index in [2.05, 4.69) is 16.0 Å². The van der Waals surface area contributed by atoms with Crippen molar-refractivity contribution in [2.24, 2.45) is 0 Å². The molecule has 0 bridgehead atoms. The van der Waals surface area contributed by atoms with Crippen molar-refractivity contribution in [3.63, 3.8) is 0 Å². The Bertz CT molecular complexity index is 732. The van der Waals surface area contributed by atoms with Crippen LogP contribution in [0.5, 0.6) is 0 Å². The number of rotatable bonds is 6. The van der Waals surface area contributed by atoms with Gasteiger partial charge < -0.3 is 25.8 Å². The lowest BCUT2D eigenvalue weighted by atomic mass is 10.1. The summed E-state index contributed by atoms with van der Waals surface area (Å²) in [6, 6.07) is 7.20. The van der Waals surface area contributed by atoms with Crippen LogP contribution in [-0.2, 0) is 11.3 Å². The molecular weight excluding hydrogens is 382 g/mol. The zero-order valence-corrected chi connectivity index (χ0v) is 18.8. The van der Waals surface area contributed by atoms with Crippen LogP contribution in [0.25, 0.3) is 0 Å². The molecule has 0 radical (unpaired) electrons. The Hall–Kier alpha value is -2.61. The molecule has 1 aliphatic rings. The number of nitrogens with one attached hydrogen (secondary N) is 4. The molecule has 0 unspecified atom stereocenters. The number of amides is 4. The summed E-state index contributed by atoms with van der Waals surface area (Å²) in [5.74, 6) is 0.0498. The van der Waals surface area contributed by atoms with E-state index in [0.29, 0.717) is 31.7 Å². The van der Waals surface area contributed by atoms with Gasteiger partial charge in [0.25, 0.3) is 11.8 Å². The maximum Gasteiger partial charge on any atom is 0.315 e. The van der Waals surface area contributed by atoms with Gasteiger partial charge in [-0.05, 0) is 52.3 Å². The first-order valence-corrected chi connectivity index (χ1v) is 10.6. The van der Waals surface area contributed by atoms with Crippen molar-refractivity contribution in [3.8, 4) is 0 Å². The fraction of sp³-hybridized carbons (Fsp3) is 0.591. The molecule has 8 heteroatoms. The van der Waals surface area contributed by atoms with Crippen molar-refractivity contribution < 1.29 is 19.3 Å². The van der Waals surface area contributed by atoms with Crippen molar-refractivity contribution in [1.82, 2.24) is 20.9 Å². The van der Waals surface area contributed by atoms with Gasteiger partial charge in [0.1, 0.15) is 0 Å². The van der Waals surface area contributed by atoms with Crippen molar-refractivity contribution in [1.29, 1.82) is 0 Å². The highest BCUT2D eigenvalue weighted by Gasteiger charge is 2.26. The summed E-state index contributed by atoms with van der Waals surface area (Å²) in [4.78, 5) is 39.6. The lowest BCUT2D eigenvalue weighted by Crippen LogP contribution is -3.16. The van der Waals surface area contributed by atoms with E-state index in [1.807, 2.05) is 51.7 Å². The maximum atomic E-state index is 12.8. The van der Waals surface area contributed by atoms with E-state index >= 15 is 0 Å². The van der Waals surface area contributed by atoms with E-state index in [1.165, 1.54) is 4.90 Å². The topological polar surface area (TPSA) is 95.0 Å². The zero-order valence-electron chi connectivity index (χ0n) is 18.8. The van der Waals surface area contributed by atoms with Gasteiger partial charge in [0.2, 0.25) is 0 Å². The number of hydrogen-bond acceptors (Lipinski definition) is 3. The molecular formula is C22H36N5O3+. The van der Waals surface area contributed by atoms with Crippen LogP contribution < -0.4 is 20.9 Å². The summed E-state index contributed by atoms with van der Waals surface area (Å²) < 4.78 is 0. The predicted octanol–water partition coefficient (Wildman–Crippen LogP) is 0.150. The summed E-state index contributed by atoms with van der Waals surface area (Å²) in [5, 5.41) is 8.56. The first-order valence-electron chi connectivity index (χ1n) is 10.6. The second-order valence-electron chi connectivity index (χ2n) is 9.20. The van der Waals surface area contributed by atoms with E-state index < -0.39 is 0 Å². The molecule has 166 valence electrons. The lowest BCUT2D eigenvalue weighted by molar-refractivity contribution is -0.896. The van der Waals surface area contributed by atoms with Gasteiger partial charge in [0.15, 0.2) is 6.54 Å². The minimum Gasteiger partial charge on any atom is -0.347 e. The van der Waals surface area contributed by atoms with Crippen molar-refractivity contribution >= 4 is 17.8 Å². The van der Waals surface area contributed by atoms with Gasteiger partial charge in [-0.3, -0.25) is 9.59 Å². The number of piperazine rings is 1. The minimum absolute atomic E-state index is 0.00486. The SMILES string of the molecule is CC(C)NC(=O)NCc1ccc(C(=O)N2CC[NH+](CC(=O)NC(C)(C)C)CC2)cc1. The van der Waals surface area contributed by atoms with Crippen LogP contribution in [-0.4, -0.2) is 67.0 Å². The van der Waals surface area contributed by atoms with Crippen molar-refractivity contribution in [3.05, 3.63) is 35.4 Å². The molecule has 1 aromatic rings. The lowest BCUT2D eigenvalue weighted by Gasteiger charge is -2.32. The van der Waals surface area contributed by atoms with Crippen molar-refractivity contribution in [2.75, 3.05) is 32.7 Å². The molecule has 0 aromatic heterocycles. The third kappa shape index (κ3) is 8.02. The first-order chi connectivity index (χ1) is 14.0. The number of urea groups is 1. The number of hydrogen-bond donors (Lipinski definition) is 4. The van der Waals surface area contributed by atoms with Crippen LogP contribution in [0.3, 0.4) is 0 Å². The number of carbonyl (C=O) groups is 3. The molecule has 1 heterocycles. The molecule has 0 spiro atoms. The summed E-state index contributed by atoms with van der Waals surface area (Å²) in [5.41, 5.74) is 1.35. The molecule has 30 heavy (non-hydrogen) atoms. The Kier molecular flexibility index (Phi) is 8.23. The summed E-state index contributed by atoms with van der Waals surface area (Å²) in [7, 11) is 0. The predicted molar refractivity (Wildman–Crippen MR) is 116 cm³/mol. The highest BCUT2D eigenvalue weighted by Crippen LogP contribution is 2.08. The summed E-state index contributed by atoms with van der Waals surface area (Å²) in [6.07, 6.45) is 0. The maximum absolute atomic E-state index is 12.8. The quantitative estimate of drug-likeness (QED) is 0.530. The van der Waals surface area contributed by atoms with Gasteiger partial charge in [-0.15, -0.1) is 0 Å². The van der Waals surface area contributed by atoms with E-state index in [4.69, 9.17) is 0 Å². The molecule has 0 saturated carbocycles. The molecule has 2 rings (SSSR count). The van der Waals surface area contributed by atoms with Gasteiger partial charge in [-0.25, -0.2) is 4.79 Å². The highest BCUT2D eigenvalue weighted by atomic mass is 16.2. The van der Waals surface area contributed by atoms with E-state index in [1.54, 1.807) is 12.1 Å². The van der Waals surface area contributed by atoms with Crippen LogP contribution in [0.4, 0.5) is 4.79 Å². The Balaban J connectivity index is 1.79. The highest BCUT2D eigenvalue weighted by molar-refractivity contribution is 5.94. The zero-order chi connectivity index (χ0) is 22.3. The van der Waals surface area contributed by atoms with Gasteiger partial charge in [0.05, 0.1) is 26.2 Å². The van der Waals surface area contributed by atoms with Crippen LogP contribution >= 0.6 is 0 Å². The molecule has 4 N–H and O–H groups in total. The summed E-state index contributed by atoms with van der Waals surface area (Å²) in [6.45, 7) is 13.4. The van der Waals surface area contributed by atoms with Gasteiger partial charge in [-0.2, -0.15) is 0 Å². The molecule has 4 amide bonds. The Morgan fingerprint density at radius 3 is 2.20 bits per heavy atom. The third-order valence-corrected chi connectivity index (χ3v) is 4.76. The molecule has 0 atom stereocenters. The monoisotopic (exact) mass is 418 g/mol. The van der Waals surface area contributed by atoms with E-state index in [9.17, 15) is 14.4 Å². The Morgan fingerprint density at radius 2 is 1.67 bits per heavy atom. The average Bonchev–Trinajstić information content (AvgIpc) is 2.65. The van der Waals surface area contributed by atoms with E-state index in [0.717, 1.165) is 18.7 Å². The van der Waals surface area contributed by atoms with Crippen LogP contribution in [0, 0.1) is 0 Å². The summed E-state index contributed by atoms with van der Waals surface area (Å²) >= 11 is 0. The van der Waals surface area contributed by atoms with Crippen LogP contribution in [0.1, 0.15) is 50.5 Å². The first kappa shape index (κ1) is 23.7. The second kappa shape index (κ2) is 10.4. The molecule has 1 aliphatic heterocycles. The molecule has 1 fully saturated rings. The molecule has 0 aliphatic carbocycles. The number of quaternary nitrogens is 1. The van der Waals surface area contributed by atoms with E-state index in [-0.39, 0.29) is 29.4 Å². The average molecular weight is 419 g/mol. The molecule has 1 aromatic carbocycles. The van der Waals surface area contributed by atoms with Gasteiger partial charge in [0, 0.05) is 23.7 Å². The Morgan fingerprint density at radius 1 is 1.07 bits per heavy atom. The second-order valence-corrected chi connectivity index (χ2v) is 9.20. The van der Waals surface area contributed by atoms with Gasteiger partial charge in [-0.1, -0.05) is 12.1 Å². The molecule has 1 saturated heterocycles. The van der Waals surface area contributed by atoms with Crippen LogP contribution in [0.15, 0.2) is 24.3 Å². The van der Waals surface area contributed by atoms with Crippen molar-refractivity contribution in [2.45, 2.75) is 52.7 Å². The normalized spacial score (nSPS) is 15.1. The number of carbonyl (C=O) groups excluding carboxylic acids is 3. The number of benzene rings is 1. The van der Waals surface area contributed by atoms with Crippen LogP contribution in [0.2, 0.25) is 0 Å². The Labute approximate surface area is 179 Å². The fourth-order valence-electron chi connectivity index (χ4n) is 3.34. The van der Waals surface area contributed by atoms with Gasteiger partial charge >= 0.3 is 6.03 Å². The number of nitrogens with zero attached hydrogens (tertiary/aromatic N) is 1. The molecule has 8 nitrogen and oxygen atoms in total. The standard InChI is InChI=1S/C22H35N5O3/c1-16(2)24-21(30)23-14-17-6-8-18(9-7-17)20(29)27-12-10-26(11-13-27)15-19(28)25-22(3,4)5/h6-9,16H,10-15H2,1-5H3,(H,25,28)(H2,23,24,30)/p+1. The third-order valence-electron chi connectivity index (χ3n) is 4.76. The smallest absolute Gasteiger partial charge is 0.315 e. The fourth-order valence-corrected chi connectivity index (χ4v) is 3.34.